The molecule has 0 aromatic heterocycles. The van der Waals surface area contributed by atoms with Crippen LogP contribution in [0.2, 0.25) is 5.02 Å². The lowest BCUT2D eigenvalue weighted by molar-refractivity contribution is -0.122. The molecule has 0 bridgehead atoms. The van der Waals surface area contributed by atoms with Crippen molar-refractivity contribution in [2.75, 3.05) is 35.0 Å². The van der Waals surface area contributed by atoms with E-state index in [0.29, 0.717) is 17.3 Å². The highest BCUT2D eigenvalue weighted by Gasteiger charge is 2.29. The Kier molecular flexibility index (Phi) is 9.07. The summed E-state index contributed by atoms with van der Waals surface area (Å²) in [6, 6.07) is 16.9. The maximum Gasteiger partial charge on any atom is 0.255 e. The van der Waals surface area contributed by atoms with Crippen molar-refractivity contribution in [3.63, 3.8) is 0 Å². The van der Waals surface area contributed by atoms with Crippen LogP contribution in [-0.2, 0) is 26.8 Å². The van der Waals surface area contributed by atoms with Gasteiger partial charge in [0.25, 0.3) is 5.91 Å². The molecule has 0 aliphatic carbocycles. The number of anilines is 3. The molecule has 13 heteroatoms. The zero-order valence-corrected chi connectivity index (χ0v) is 25.5. The monoisotopic (exact) mass is 612 g/mol. The summed E-state index contributed by atoms with van der Waals surface area (Å²) in [4.78, 5) is 26.1. The summed E-state index contributed by atoms with van der Waals surface area (Å²) < 4.78 is 32.0. The lowest BCUT2D eigenvalue weighted by Crippen LogP contribution is -2.36. The highest BCUT2D eigenvalue weighted by molar-refractivity contribution is 7.92. The molecular formula is C29H33ClN6O5S. The van der Waals surface area contributed by atoms with Gasteiger partial charge in [0.1, 0.15) is 0 Å². The topological polar surface area (TPSA) is 142 Å². The van der Waals surface area contributed by atoms with Crippen molar-refractivity contribution in [2.24, 2.45) is 10.3 Å². The normalized spacial score (nSPS) is 14.9. The number of rotatable bonds is 9. The van der Waals surface area contributed by atoms with Crippen LogP contribution in [0.4, 0.5) is 17.1 Å². The van der Waals surface area contributed by atoms with Gasteiger partial charge in [-0.3, -0.25) is 14.3 Å². The lowest BCUT2D eigenvalue weighted by atomic mass is 9.86. The summed E-state index contributed by atoms with van der Waals surface area (Å²) in [7, 11) is -2.24. The number of nitrogens with zero attached hydrogens (tertiary/aromatic N) is 3. The van der Waals surface area contributed by atoms with Gasteiger partial charge in [0.05, 0.1) is 42.0 Å². The van der Waals surface area contributed by atoms with Crippen molar-refractivity contribution < 1.29 is 22.7 Å². The third kappa shape index (κ3) is 7.56. The van der Waals surface area contributed by atoms with Gasteiger partial charge in [0.15, 0.2) is 11.8 Å². The molecule has 2 amide bonds. The van der Waals surface area contributed by atoms with E-state index in [9.17, 15) is 18.0 Å². The first-order valence-corrected chi connectivity index (χ1v) is 15.3. The molecule has 222 valence electrons. The zero-order valence-electron chi connectivity index (χ0n) is 23.9. The Labute approximate surface area is 250 Å². The molecule has 1 atom stereocenters. The Balaban J connectivity index is 1.54. The minimum Gasteiger partial charge on any atom is -0.492 e. The molecule has 3 aromatic rings. The number of amides is 2. The van der Waals surface area contributed by atoms with Crippen molar-refractivity contribution in [1.29, 1.82) is 0 Å². The first kappa shape index (κ1) is 30.8. The average Bonchev–Trinajstić information content (AvgIpc) is 3.41. The molecule has 0 fully saturated rings. The first-order valence-electron chi connectivity index (χ1n) is 13.1. The van der Waals surface area contributed by atoms with Crippen molar-refractivity contribution in [3.8, 4) is 5.75 Å². The Morgan fingerprint density at radius 3 is 2.40 bits per heavy atom. The van der Waals surface area contributed by atoms with Gasteiger partial charge in [-0.1, -0.05) is 67.9 Å². The first-order chi connectivity index (χ1) is 19.7. The van der Waals surface area contributed by atoms with Crippen LogP contribution in [0.3, 0.4) is 0 Å². The molecule has 11 nitrogen and oxygen atoms in total. The second-order valence-corrected chi connectivity index (χ2v) is 13.0. The predicted octanol–water partition coefficient (Wildman–Crippen LogP) is 5.14. The Morgan fingerprint density at radius 1 is 1.07 bits per heavy atom. The van der Waals surface area contributed by atoms with Crippen molar-refractivity contribution >= 4 is 50.5 Å². The van der Waals surface area contributed by atoms with E-state index in [1.807, 2.05) is 51.1 Å². The van der Waals surface area contributed by atoms with Gasteiger partial charge in [-0.2, -0.15) is 5.11 Å². The number of halogens is 1. The molecule has 3 aromatic carbocycles. The van der Waals surface area contributed by atoms with Crippen LogP contribution in [-0.4, -0.2) is 46.2 Å². The van der Waals surface area contributed by atoms with E-state index in [2.05, 4.69) is 25.7 Å². The number of nitrogens with one attached hydrogen (secondary N) is 3. The van der Waals surface area contributed by atoms with Gasteiger partial charge in [0, 0.05) is 12.1 Å². The molecule has 1 unspecified atom stereocenters. The summed E-state index contributed by atoms with van der Waals surface area (Å²) in [5.74, 6) is -0.607. The fraction of sp³-hybridized carbons (Fsp3) is 0.310. The largest absolute Gasteiger partial charge is 0.492 e. The minimum atomic E-state index is -3.63. The average molecular weight is 613 g/mol. The van der Waals surface area contributed by atoms with Crippen LogP contribution in [0.15, 0.2) is 71.0 Å². The third-order valence-corrected chi connectivity index (χ3v) is 7.36. The Hall–Kier alpha value is -4.16. The highest BCUT2D eigenvalue weighted by Crippen LogP contribution is 2.39. The standard InChI is InChI=1S/C29H33ClN6O5S/c1-29(2,3)20-14-22(26(41-4)23(15-20)34-42(5,39)40)32-27(37)19-11-12-21(30)25(13-19)36-17-24(33-35-36)28(38)31-16-18-9-7-6-8-10-18/h6-15,24,34H,16-17H2,1-5H3,(H,31,38)(H,32,37). The van der Waals surface area contributed by atoms with Crippen LogP contribution in [0, 0.1) is 0 Å². The van der Waals surface area contributed by atoms with E-state index in [1.165, 1.54) is 12.1 Å². The second kappa shape index (κ2) is 12.4. The number of methoxy groups -OCH3 is 1. The number of sulfonamides is 1. The Bertz CT molecular complexity index is 1620. The van der Waals surface area contributed by atoms with Crippen LogP contribution in [0.25, 0.3) is 0 Å². The molecule has 0 radical (unpaired) electrons. The maximum atomic E-state index is 13.4. The van der Waals surface area contributed by atoms with Crippen LogP contribution in [0.1, 0.15) is 42.3 Å². The SMILES string of the molecule is COc1c(NC(=O)c2ccc(Cl)c(N3CC(C(=O)NCc4ccccc4)N=N3)c2)cc(C(C)(C)C)cc1NS(C)(=O)=O. The van der Waals surface area contributed by atoms with Crippen molar-refractivity contribution in [3.05, 3.63) is 82.4 Å². The molecule has 1 aliphatic rings. The summed E-state index contributed by atoms with van der Waals surface area (Å²) in [5, 5.41) is 15.7. The van der Waals surface area contributed by atoms with Crippen LogP contribution in [0.5, 0.6) is 5.75 Å². The predicted molar refractivity (Wildman–Crippen MR) is 164 cm³/mol. The van der Waals surface area contributed by atoms with Crippen LogP contribution < -0.4 is 25.1 Å². The van der Waals surface area contributed by atoms with E-state index in [1.54, 1.807) is 30.3 Å². The van der Waals surface area contributed by atoms with Gasteiger partial charge >= 0.3 is 0 Å². The molecule has 3 N–H and O–H groups in total. The number of hydrogen-bond donors (Lipinski definition) is 3. The lowest BCUT2D eigenvalue weighted by Gasteiger charge is -2.24. The van der Waals surface area contributed by atoms with Gasteiger partial charge in [0.2, 0.25) is 15.9 Å². The Morgan fingerprint density at radius 2 is 1.76 bits per heavy atom. The quantitative estimate of drug-likeness (QED) is 0.305. The number of hydrogen-bond acceptors (Lipinski definition) is 8. The van der Waals surface area contributed by atoms with Gasteiger partial charge < -0.3 is 15.4 Å². The molecule has 0 spiro atoms. The fourth-order valence-corrected chi connectivity index (χ4v) is 5.01. The van der Waals surface area contributed by atoms with Gasteiger partial charge in [-0.05, 0) is 46.9 Å². The van der Waals surface area contributed by atoms with E-state index in [4.69, 9.17) is 16.3 Å². The number of benzene rings is 3. The van der Waals surface area contributed by atoms with Crippen molar-refractivity contribution in [2.45, 2.75) is 38.8 Å². The van der Waals surface area contributed by atoms with E-state index >= 15 is 0 Å². The van der Waals surface area contributed by atoms with E-state index in [-0.39, 0.29) is 40.6 Å². The summed E-state index contributed by atoms with van der Waals surface area (Å²) in [6.07, 6.45) is 1.04. The highest BCUT2D eigenvalue weighted by atomic mass is 35.5. The molecule has 0 saturated heterocycles. The summed E-state index contributed by atoms with van der Waals surface area (Å²) in [5.41, 5.74) is 2.52. The summed E-state index contributed by atoms with van der Waals surface area (Å²) >= 11 is 6.45. The molecule has 1 heterocycles. The molecular weight excluding hydrogens is 580 g/mol. The number of carbonyl (C=O) groups excluding carboxylic acids is 2. The number of carbonyl (C=O) groups is 2. The van der Waals surface area contributed by atoms with Gasteiger partial charge in [-0.15, -0.1) is 0 Å². The van der Waals surface area contributed by atoms with E-state index < -0.39 is 22.0 Å². The fourth-order valence-electron chi connectivity index (χ4n) is 4.24. The molecule has 1 aliphatic heterocycles. The second-order valence-electron chi connectivity index (χ2n) is 10.9. The minimum absolute atomic E-state index is 0.146. The van der Waals surface area contributed by atoms with Crippen LogP contribution >= 0.6 is 11.6 Å². The van der Waals surface area contributed by atoms with E-state index in [0.717, 1.165) is 17.4 Å². The zero-order chi connectivity index (χ0) is 30.7. The summed E-state index contributed by atoms with van der Waals surface area (Å²) in [6.45, 7) is 6.42. The molecule has 42 heavy (non-hydrogen) atoms. The molecule has 0 saturated carbocycles. The smallest absolute Gasteiger partial charge is 0.255 e. The third-order valence-electron chi connectivity index (χ3n) is 6.45. The maximum absolute atomic E-state index is 13.4. The number of ether oxygens (including phenoxy) is 1. The van der Waals surface area contributed by atoms with Gasteiger partial charge in [-0.25, -0.2) is 13.4 Å². The molecule has 4 rings (SSSR count). The van der Waals surface area contributed by atoms with Crippen molar-refractivity contribution in [1.82, 2.24) is 5.32 Å².